The summed E-state index contributed by atoms with van der Waals surface area (Å²) in [5.74, 6) is 1.02. The smallest absolute Gasteiger partial charge is 0.130 e. The number of anilines is 1. The van der Waals surface area contributed by atoms with Crippen LogP contribution in [-0.4, -0.2) is 23.5 Å². The zero-order valence-electron chi connectivity index (χ0n) is 12.6. The minimum atomic E-state index is 0.468. The van der Waals surface area contributed by atoms with Crippen molar-refractivity contribution in [3.05, 3.63) is 59.8 Å². The maximum absolute atomic E-state index is 4.48. The van der Waals surface area contributed by atoms with Crippen molar-refractivity contribution in [1.29, 1.82) is 0 Å². The second kappa shape index (κ2) is 6.72. The summed E-state index contributed by atoms with van der Waals surface area (Å²) in [6.45, 7) is 2.18. The van der Waals surface area contributed by atoms with Gasteiger partial charge in [0.15, 0.2) is 0 Å². The third-order valence-electron chi connectivity index (χ3n) is 4.28. The Hall–Kier alpha value is -1.87. The number of piperidine rings is 1. The van der Waals surface area contributed by atoms with Gasteiger partial charge in [-0.05, 0) is 31.0 Å². The van der Waals surface area contributed by atoms with Crippen molar-refractivity contribution in [2.24, 2.45) is 0 Å². The maximum Gasteiger partial charge on any atom is 0.130 e. The van der Waals surface area contributed by atoms with Crippen LogP contribution in [0.3, 0.4) is 0 Å². The van der Waals surface area contributed by atoms with Gasteiger partial charge in [-0.25, -0.2) is 4.98 Å². The van der Waals surface area contributed by atoms with Gasteiger partial charge in [0.2, 0.25) is 0 Å². The number of likely N-dealkylation sites (tertiary alicyclic amines) is 1. The van der Waals surface area contributed by atoms with E-state index in [0.29, 0.717) is 6.04 Å². The van der Waals surface area contributed by atoms with Crippen molar-refractivity contribution in [3.63, 3.8) is 0 Å². The molecule has 21 heavy (non-hydrogen) atoms. The number of aromatic nitrogens is 1. The molecule has 0 spiro atoms. The van der Waals surface area contributed by atoms with E-state index in [1.54, 1.807) is 0 Å². The van der Waals surface area contributed by atoms with Crippen LogP contribution in [0, 0.1) is 0 Å². The Balaban J connectivity index is 1.84. The number of hydrogen-bond acceptors (Lipinski definition) is 3. The molecular weight excluding hydrogens is 258 g/mol. The highest BCUT2D eigenvalue weighted by Gasteiger charge is 2.26. The molecular formula is C18H23N3. The Morgan fingerprint density at radius 2 is 2.00 bits per heavy atom. The van der Waals surface area contributed by atoms with Crippen LogP contribution in [0.2, 0.25) is 0 Å². The fourth-order valence-electron chi connectivity index (χ4n) is 3.25. The van der Waals surface area contributed by atoms with Crippen molar-refractivity contribution in [2.45, 2.75) is 31.8 Å². The summed E-state index contributed by atoms with van der Waals surface area (Å²) in [5, 5.41) is 3.24. The average molecular weight is 281 g/mol. The predicted octanol–water partition coefficient (Wildman–Crippen LogP) is 3.85. The molecule has 1 aliphatic heterocycles. The minimum Gasteiger partial charge on any atom is -0.373 e. The molecule has 0 amide bonds. The van der Waals surface area contributed by atoms with E-state index in [-0.39, 0.29) is 0 Å². The lowest BCUT2D eigenvalue weighted by molar-refractivity contribution is 0.140. The van der Waals surface area contributed by atoms with E-state index in [9.17, 15) is 0 Å². The van der Waals surface area contributed by atoms with E-state index in [0.717, 1.165) is 18.9 Å². The number of rotatable bonds is 4. The Labute approximate surface area is 127 Å². The molecule has 3 rings (SSSR count). The van der Waals surface area contributed by atoms with Gasteiger partial charge in [0.25, 0.3) is 0 Å². The van der Waals surface area contributed by atoms with Crippen molar-refractivity contribution in [3.8, 4) is 0 Å². The quantitative estimate of drug-likeness (QED) is 0.922. The fraction of sp³-hybridized carbons (Fsp3) is 0.389. The van der Waals surface area contributed by atoms with Gasteiger partial charge in [0.05, 0.1) is 0 Å². The maximum atomic E-state index is 4.48. The topological polar surface area (TPSA) is 28.2 Å². The molecule has 0 aliphatic carbocycles. The lowest BCUT2D eigenvalue weighted by Gasteiger charge is -2.36. The highest BCUT2D eigenvalue weighted by Crippen LogP contribution is 2.34. The molecule has 1 N–H and O–H groups in total. The summed E-state index contributed by atoms with van der Waals surface area (Å²) in [5.41, 5.74) is 2.72. The van der Waals surface area contributed by atoms with Gasteiger partial charge in [-0.15, -0.1) is 0 Å². The van der Waals surface area contributed by atoms with Crippen LogP contribution < -0.4 is 5.32 Å². The van der Waals surface area contributed by atoms with Crippen molar-refractivity contribution < 1.29 is 0 Å². The third-order valence-corrected chi connectivity index (χ3v) is 4.28. The van der Waals surface area contributed by atoms with Crippen LogP contribution in [0.15, 0.2) is 48.7 Å². The number of pyridine rings is 1. The highest BCUT2D eigenvalue weighted by molar-refractivity contribution is 5.45. The highest BCUT2D eigenvalue weighted by atomic mass is 15.2. The molecule has 3 nitrogen and oxygen atoms in total. The predicted molar refractivity (Wildman–Crippen MR) is 87.2 cm³/mol. The van der Waals surface area contributed by atoms with Gasteiger partial charge >= 0.3 is 0 Å². The first-order valence-electron chi connectivity index (χ1n) is 7.79. The van der Waals surface area contributed by atoms with Crippen LogP contribution >= 0.6 is 0 Å². The van der Waals surface area contributed by atoms with E-state index in [1.807, 2.05) is 19.3 Å². The van der Waals surface area contributed by atoms with Crippen LogP contribution in [0.4, 0.5) is 5.82 Å². The molecule has 0 unspecified atom stereocenters. The number of benzene rings is 1. The summed E-state index contributed by atoms with van der Waals surface area (Å²) in [4.78, 5) is 7.07. The van der Waals surface area contributed by atoms with Gasteiger partial charge in [0, 0.05) is 31.4 Å². The number of nitrogens with one attached hydrogen (secondary N) is 1. The largest absolute Gasteiger partial charge is 0.373 e. The minimum absolute atomic E-state index is 0.468. The Bertz CT molecular complexity index is 568. The van der Waals surface area contributed by atoms with Gasteiger partial charge < -0.3 is 5.32 Å². The van der Waals surface area contributed by atoms with Gasteiger partial charge in [-0.1, -0.05) is 42.8 Å². The third kappa shape index (κ3) is 3.24. The van der Waals surface area contributed by atoms with E-state index >= 15 is 0 Å². The average Bonchev–Trinajstić information content (AvgIpc) is 2.56. The lowest BCUT2D eigenvalue weighted by Crippen LogP contribution is -2.33. The van der Waals surface area contributed by atoms with Crippen LogP contribution in [-0.2, 0) is 6.54 Å². The van der Waals surface area contributed by atoms with Gasteiger partial charge in [-0.2, -0.15) is 0 Å². The zero-order valence-corrected chi connectivity index (χ0v) is 12.6. The van der Waals surface area contributed by atoms with Crippen LogP contribution in [0.25, 0.3) is 0 Å². The van der Waals surface area contributed by atoms with Crippen LogP contribution in [0.1, 0.15) is 36.4 Å². The van der Waals surface area contributed by atoms with Crippen molar-refractivity contribution in [1.82, 2.24) is 9.88 Å². The molecule has 0 radical (unpaired) electrons. The molecule has 1 atom stereocenters. The molecule has 2 aromatic rings. The Morgan fingerprint density at radius 1 is 1.14 bits per heavy atom. The SMILES string of the molecule is CNc1ncccc1[C@@H]1CCCCN1Cc1ccccc1. The molecule has 110 valence electrons. The van der Waals surface area contributed by atoms with Crippen molar-refractivity contribution >= 4 is 5.82 Å². The molecule has 1 aromatic carbocycles. The summed E-state index contributed by atoms with van der Waals surface area (Å²) in [6, 6.07) is 15.5. The molecule has 1 aromatic heterocycles. The summed E-state index contributed by atoms with van der Waals surface area (Å²) in [7, 11) is 1.95. The molecule has 2 heterocycles. The Kier molecular flexibility index (Phi) is 4.51. The van der Waals surface area contributed by atoms with Gasteiger partial charge in [-0.3, -0.25) is 4.90 Å². The second-order valence-corrected chi connectivity index (χ2v) is 5.66. The van der Waals surface area contributed by atoms with E-state index < -0.39 is 0 Å². The van der Waals surface area contributed by atoms with Crippen LogP contribution in [0.5, 0.6) is 0 Å². The van der Waals surface area contributed by atoms with E-state index in [4.69, 9.17) is 0 Å². The monoisotopic (exact) mass is 281 g/mol. The lowest BCUT2D eigenvalue weighted by atomic mass is 9.95. The molecule has 0 bridgehead atoms. The van der Waals surface area contributed by atoms with E-state index in [1.165, 1.54) is 30.4 Å². The first-order valence-corrected chi connectivity index (χ1v) is 7.79. The summed E-state index contributed by atoms with van der Waals surface area (Å²) >= 11 is 0. The number of nitrogens with zero attached hydrogens (tertiary/aromatic N) is 2. The molecule has 3 heteroatoms. The summed E-state index contributed by atoms with van der Waals surface area (Å²) in [6.07, 6.45) is 5.67. The van der Waals surface area contributed by atoms with Crippen molar-refractivity contribution in [2.75, 3.05) is 18.9 Å². The normalized spacial score (nSPS) is 19.4. The van der Waals surface area contributed by atoms with Gasteiger partial charge in [0.1, 0.15) is 5.82 Å². The van der Waals surface area contributed by atoms with E-state index in [2.05, 4.69) is 51.6 Å². The number of hydrogen-bond donors (Lipinski definition) is 1. The Morgan fingerprint density at radius 3 is 2.81 bits per heavy atom. The molecule has 1 saturated heterocycles. The standard InChI is InChI=1S/C18H23N3/c1-19-18-16(10-7-12-20-18)17-11-5-6-13-21(17)14-15-8-3-2-4-9-15/h2-4,7-10,12,17H,5-6,11,13-14H2,1H3,(H,19,20)/t17-/m0/s1. The molecule has 1 aliphatic rings. The fourth-order valence-corrected chi connectivity index (χ4v) is 3.25. The second-order valence-electron chi connectivity index (χ2n) is 5.66. The first kappa shape index (κ1) is 14.1. The first-order chi connectivity index (χ1) is 10.4. The molecule has 0 saturated carbocycles. The summed E-state index contributed by atoms with van der Waals surface area (Å²) < 4.78 is 0. The zero-order chi connectivity index (χ0) is 14.5. The molecule has 1 fully saturated rings.